The van der Waals surface area contributed by atoms with E-state index in [1.54, 1.807) is 31.2 Å². The third-order valence-electron chi connectivity index (χ3n) is 5.19. The molecule has 2 amide bonds. The zero-order chi connectivity index (χ0) is 24.8. The molecule has 4 rings (SSSR count). The molecular formula is C24H24N6O5. The highest BCUT2D eigenvalue weighted by atomic mass is 16.5. The van der Waals surface area contributed by atoms with Crippen LogP contribution in [-0.4, -0.2) is 51.4 Å². The molecule has 2 N–H and O–H groups in total. The third kappa shape index (κ3) is 5.69. The second-order valence-electron chi connectivity index (χ2n) is 7.73. The largest absolute Gasteiger partial charge is 0.463 e. The van der Waals surface area contributed by atoms with Crippen LogP contribution in [0, 0.1) is 6.92 Å². The summed E-state index contributed by atoms with van der Waals surface area (Å²) in [4.78, 5) is 38.6. The molecule has 3 aromatic rings. The molecule has 0 bridgehead atoms. The van der Waals surface area contributed by atoms with E-state index in [0.29, 0.717) is 11.4 Å². The lowest BCUT2D eigenvalue weighted by Crippen LogP contribution is -2.47. The molecule has 2 aromatic carbocycles. The van der Waals surface area contributed by atoms with Crippen molar-refractivity contribution >= 4 is 18.0 Å². The van der Waals surface area contributed by atoms with Crippen LogP contribution in [0.3, 0.4) is 0 Å². The minimum absolute atomic E-state index is 0.140. The Balaban J connectivity index is 1.49. The highest BCUT2D eigenvalue weighted by molar-refractivity contribution is 5.95. The maximum Gasteiger partial charge on any atom is 0.338 e. The molecule has 0 unspecified atom stereocenters. The van der Waals surface area contributed by atoms with Crippen LogP contribution in [0.25, 0.3) is 11.4 Å². The molecule has 180 valence electrons. The van der Waals surface area contributed by atoms with Crippen LogP contribution < -0.4 is 10.6 Å². The lowest BCUT2D eigenvalue weighted by molar-refractivity contribution is -0.144. The summed E-state index contributed by atoms with van der Waals surface area (Å²) < 4.78 is 10.5. The van der Waals surface area contributed by atoms with Crippen LogP contribution >= 0.6 is 0 Å². The van der Waals surface area contributed by atoms with Crippen molar-refractivity contribution in [2.45, 2.75) is 26.4 Å². The van der Waals surface area contributed by atoms with E-state index in [9.17, 15) is 14.4 Å². The maximum atomic E-state index is 12.7. The van der Waals surface area contributed by atoms with Gasteiger partial charge in [0.05, 0.1) is 23.9 Å². The molecule has 1 aromatic heterocycles. The van der Waals surface area contributed by atoms with Crippen molar-refractivity contribution in [3.05, 3.63) is 77.0 Å². The topological polar surface area (TPSA) is 137 Å². The van der Waals surface area contributed by atoms with Crippen LogP contribution in [0.1, 0.15) is 24.1 Å². The molecule has 1 aliphatic heterocycles. The molecule has 35 heavy (non-hydrogen) atoms. The number of nitrogens with zero attached hydrogens (tertiary/aromatic N) is 4. The van der Waals surface area contributed by atoms with Gasteiger partial charge < -0.3 is 20.1 Å². The fourth-order valence-electron chi connectivity index (χ4n) is 3.52. The fraction of sp³-hybridized carbons (Fsp3) is 0.250. The first-order valence-corrected chi connectivity index (χ1v) is 11.0. The number of nitrogens with one attached hydrogen (secondary N) is 2. The predicted octanol–water partition coefficient (Wildman–Crippen LogP) is 2.06. The van der Waals surface area contributed by atoms with Gasteiger partial charge in [0.2, 0.25) is 5.82 Å². The molecule has 11 nitrogen and oxygen atoms in total. The van der Waals surface area contributed by atoms with Gasteiger partial charge in [0.15, 0.2) is 6.54 Å². The van der Waals surface area contributed by atoms with E-state index in [1.165, 1.54) is 0 Å². The molecule has 11 heteroatoms. The van der Waals surface area contributed by atoms with Crippen molar-refractivity contribution in [3.8, 4) is 11.4 Å². The summed E-state index contributed by atoms with van der Waals surface area (Å²) in [5.74, 6) is -0.917. The van der Waals surface area contributed by atoms with Gasteiger partial charge in [-0.1, -0.05) is 60.2 Å². The third-order valence-corrected chi connectivity index (χ3v) is 5.19. The Morgan fingerprint density at radius 3 is 2.51 bits per heavy atom. The summed E-state index contributed by atoms with van der Waals surface area (Å²) in [6, 6.07) is 15.3. The normalized spacial score (nSPS) is 15.3. The number of esters is 2. The van der Waals surface area contributed by atoms with Gasteiger partial charge in [-0.3, -0.25) is 0 Å². The molecular weight excluding hydrogens is 452 g/mol. The number of carbonyl (C=O) groups excluding carboxylic acids is 3. The number of hydrogen-bond donors (Lipinski definition) is 2. The zero-order valence-corrected chi connectivity index (χ0v) is 19.2. The van der Waals surface area contributed by atoms with Crippen LogP contribution in [0.2, 0.25) is 0 Å². The lowest BCUT2D eigenvalue weighted by Gasteiger charge is -2.29. The van der Waals surface area contributed by atoms with Crippen molar-refractivity contribution in [3.63, 3.8) is 0 Å². The summed E-state index contributed by atoms with van der Waals surface area (Å²) in [6.45, 7) is 3.16. The van der Waals surface area contributed by atoms with E-state index >= 15 is 0 Å². The van der Waals surface area contributed by atoms with Gasteiger partial charge in [-0.25, -0.2) is 14.4 Å². The van der Waals surface area contributed by atoms with E-state index in [1.807, 2.05) is 37.3 Å². The molecule has 0 fully saturated rings. The number of rotatable bonds is 8. The summed E-state index contributed by atoms with van der Waals surface area (Å²) in [6.07, 6.45) is 0. The number of tetrazole rings is 1. The molecule has 0 saturated heterocycles. The van der Waals surface area contributed by atoms with Crippen LogP contribution in [0.4, 0.5) is 4.79 Å². The summed E-state index contributed by atoms with van der Waals surface area (Å²) >= 11 is 0. The smallest absolute Gasteiger partial charge is 0.338 e. The average molecular weight is 476 g/mol. The predicted molar refractivity (Wildman–Crippen MR) is 123 cm³/mol. The second-order valence-corrected chi connectivity index (χ2v) is 7.73. The SMILES string of the molecule is CCOC(=O)C1=C(COC(=O)Cn2nnc(-c3ccc(C)cc3)n2)NC(=O)N[C@@H]1c1ccccc1. The maximum absolute atomic E-state index is 12.7. The van der Waals surface area contributed by atoms with Crippen LogP contribution in [0.5, 0.6) is 0 Å². The van der Waals surface area contributed by atoms with E-state index < -0.39 is 24.0 Å². The van der Waals surface area contributed by atoms with Gasteiger partial charge in [-0.2, -0.15) is 4.80 Å². The Labute approximate surface area is 201 Å². The van der Waals surface area contributed by atoms with Crippen molar-refractivity contribution in [1.29, 1.82) is 0 Å². The number of aryl methyl sites for hydroxylation is 1. The van der Waals surface area contributed by atoms with Crippen LogP contribution in [0.15, 0.2) is 65.9 Å². The standard InChI is InChI=1S/C24H24N6O5/c1-3-34-23(32)20-18(25-24(33)26-21(20)16-7-5-4-6-8-16)14-35-19(31)13-30-28-22(27-29-30)17-11-9-15(2)10-12-17/h4-12,21H,3,13-14H2,1-2H3,(H2,25,26,33)/t21-/m1/s1. The van der Waals surface area contributed by atoms with Gasteiger partial charge in [0.1, 0.15) is 6.61 Å². The first kappa shape index (κ1) is 23.6. The minimum Gasteiger partial charge on any atom is -0.463 e. The van der Waals surface area contributed by atoms with Gasteiger partial charge in [0.25, 0.3) is 0 Å². The van der Waals surface area contributed by atoms with Gasteiger partial charge in [0, 0.05) is 5.56 Å². The van der Waals surface area contributed by atoms with Crippen molar-refractivity contribution < 1.29 is 23.9 Å². The highest BCUT2D eigenvalue weighted by Crippen LogP contribution is 2.27. The number of hydrogen-bond acceptors (Lipinski definition) is 8. The van der Waals surface area contributed by atoms with Crippen molar-refractivity contribution in [2.75, 3.05) is 13.2 Å². The van der Waals surface area contributed by atoms with Gasteiger partial charge in [-0.05, 0) is 24.6 Å². The van der Waals surface area contributed by atoms with Crippen molar-refractivity contribution in [1.82, 2.24) is 30.8 Å². The summed E-state index contributed by atoms with van der Waals surface area (Å²) in [5, 5.41) is 17.3. The Hall–Kier alpha value is -4.54. The first-order chi connectivity index (χ1) is 16.9. The van der Waals surface area contributed by atoms with E-state index in [2.05, 4.69) is 26.0 Å². The molecule has 0 saturated carbocycles. The molecule has 1 aliphatic rings. The number of benzene rings is 2. The van der Waals surface area contributed by atoms with Gasteiger partial charge >= 0.3 is 18.0 Å². The molecule has 0 radical (unpaired) electrons. The second kappa shape index (κ2) is 10.6. The Morgan fingerprint density at radius 2 is 1.80 bits per heavy atom. The van der Waals surface area contributed by atoms with E-state index in [4.69, 9.17) is 9.47 Å². The molecule has 2 heterocycles. The quantitative estimate of drug-likeness (QED) is 0.472. The van der Waals surface area contributed by atoms with Crippen LogP contribution in [-0.2, 0) is 25.6 Å². The average Bonchev–Trinajstić information content (AvgIpc) is 3.31. The number of urea groups is 1. The number of amides is 2. The number of carbonyl (C=O) groups is 3. The number of ether oxygens (including phenoxy) is 2. The Kier molecular flexibility index (Phi) is 7.15. The number of aromatic nitrogens is 4. The Bertz CT molecular complexity index is 1250. The zero-order valence-electron chi connectivity index (χ0n) is 19.2. The monoisotopic (exact) mass is 476 g/mol. The summed E-state index contributed by atoms with van der Waals surface area (Å²) in [7, 11) is 0. The lowest BCUT2D eigenvalue weighted by atomic mass is 9.95. The molecule has 0 aliphatic carbocycles. The minimum atomic E-state index is -0.758. The Morgan fingerprint density at radius 1 is 1.06 bits per heavy atom. The van der Waals surface area contributed by atoms with E-state index in [-0.39, 0.29) is 31.0 Å². The first-order valence-electron chi connectivity index (χ1n) is 11.0. The van der Waals surface area contributed by atoms with Gasteiger partial charge in [-0.15, -0.1) is 10.2 Å². The summed E-state index contributed by atoms with van der Waals surface area (Å²) in [5.41, 5.74) is 2.85. The fourth-order valence-corrected chi connectivity index (χ4v) is 3.52. The van der Waals surface area contributed by atoms with E-state index in [0.717, 1.165) is 15.9 Å². The highest BCUT2D eigenvalue weighted by Gasteiger charge is 2.34. The molecule has 1 atom stereocenters. The van der Waals surface area contributed by atoms with Crippen molar-refractivity contribution in [2.24, 2.45) is 0 Å². The molecule has 0 spiro atoms.